The van der Waals surface area contributed by atoms with Gasteiger partial charge in [-0.3, -0.25) is 9.67 Å². The van der Waals surface area contributed by atoms with Gasteiger partial charge in [0, 0.05) is 75.4 Å². The zero-order chi connectivity index (χ0) is 23.1. The summed E-state index contributed by atoms with van der Waals surface area (Å²) in [4.78, 5) is 9.01. The van der Waals surface area contributed by atoms with Gasteiger partial charge in [0.25, 0.3) is 0 Å². The fourth-order valence-corrected chi connectivity index (χ4v) is 4.05. The smallest absolute Gasteiger partial charge is 0.191 e. The number of piperidine rings is 1. The van der Waals surface area contributed by atoms with E-state index in [2.05, 4.69) is 62.9 Å². The maximum absolute atomic E-state index is 5.42. The average Bonchev–Trinajstić information content (AvgIpc) is 3.23. The van der Waals surface area contributed by atoms with Gasteiger partial charge in [-0.1, -0.05) is 0 Å². The lowest BCUT2D eigenvalue weighted by Gasteiger charge is -2.35. The highest BCUT2D eigenvalue weighted by atomic mass is 16.5. The highest BCUT2D eigenvalue weighted by Crippen LogP contribution is 2.30. The number of guanidine groups is 1. The van der Waals surface area contributed by atoms with Crippen molar-refractivity contribution in [3.63, 3.8) is 0 Å². The Labute approximate surface area is 191 Å². The molecule has 2 N–H and O–H groups in total. The molecule has 1 aliphatic heterocycles. The molecule has 9 nitrogen and oxygen atoms in total. The second kappa shape index (κ2) is 11.1. The Morgan fingerprint density at radius 2 is 1.84 bits per heavy atom. The molecule has 1 aromatic heterocycles. The van der Waals surface area contributed by atoms with Gasteiger partial charge in [-0.15, -0.1) is 0 Å². The Kier molecular flexibility index (Phi) is 8.21. The molecule has 0 spiro atoms. The zero-order valence-corrected chi connectivity index (χ0v) is 20.1. The molecule has 2 heterocycles. The first-order valence-electron chi connectivity index (χ1n) is 11.0. The number of aliphatic imine (C=N–C) groups is 1. The van der Waals surface area contributed by atoms with E-state index in [9.17, 15) is 0 Å². The lowest BCUT2D eigenvalue weighted by atomic mass is 10.0. The Morgan fingerprint density at radius 3 is 2.34 bits per heavy atom. The third-order valence-corrected chi connectivity index (χ3v) is 5.96. The second-order valence-electron chi connectivity index (χ2n) is 8.36. The molecule has 1 aliphatic rings. The van der Waals surface area contributed by atoms with Crippen LogP contribution in [0.4, 0.5) is 5.69 Å². The van der Waals surface area contributed by atoms with E-state index < -0.39 is 0 Å². The number of nitrogens with one attached hydrogen (secondary N) is 2. The number of benzene rings is 1. The van der Waals surface area contributed by atoms with Crippen LogP contribution < -0.4 is 25.0 Å². The first kappa shape index (κ1) is 23.7. The van der Waals surface area contributed by atoms with Crippen molar-refractivity contribution >= 4 is 11.6 Å². The van der Waals surface area contributed by atoms with Gasteiger partial charge < -0.3 is 29.9 Å². The van der Waals surface area contributed by atoms with E-state index in [0.29, 0.717) is 6.04 Å². The number of anilines is 1. The summed E-state index contributed by atoms with van der Waals surface area (Å²) in [5, 5.41) is 11.4. The minimum Gasteiger partial charge on any atom is -0.497 e. The number of aromatic nitrogens is 2. The third kappa shape index (κ3) is 6.06. The maximum Gasteiger partial charge on any atom is 0.191 e. The Balaban J connectivity index is 1.53. The van der Waals surface area contributed by atoms with Gasteiger partial charge in [0.2, 0.25) is 0 Å². The highest BCUT2D eigenvalue weighted by Gasteiger charge is 2.22. The standard InChI is InChI=1S/C23H37N7O2/c1-24-23(25-15-22(28(2)3)17-14-26-29(4)16-17)27-18-7-9-30(10-8-18)19-11-20(31-5)13-21(12-19)32-6/h11-14,16,18,22H,7-10,15H2,1-6H3,(H2,24,25,27). The number of ether oxygens (including phenoxy) is 2. The first-order chi connectivity index (χ1) is 15.4. The Morgan fingerprint density at radius 1 is 1.19 bits per heavy atom. The maximum atomic E-state index is 5.42. The fraction of sp³-hybridized carbons (Fsp3) is 0.565. The SMILES string of the molecule is CN=C(NCC(c1cnn(C)c1)N(C)C)NC1CCN(c2cc(OC)cc(OC)c2)CC1. The molecule has 3 rings (SSSR count). The molecule has 2 aromatic rings. The van der Waals surface area contributed by atoms with E-state index in [1.165, 1.54) is 5.56 Å². The van der Waals surface area contributed by atoms with Crippen LogP contribution in [0.5, 0.6) is 11.5 Å². The number of methoxy groups -OCH3 is 2. The van der Waals surface area contributed by atoms with Crippen LogP contribution in [0.25, 0.3) is 0 Å². The molecule has 32 heavy (non-hydrogen) atoms. The predicted molar refractivity (Wildman–Crippen MR) is 129 cm³/mol. The van der Waals surface area contributed by atoms with E-state index in [4.69, 9.17) is 9.47 Å². The van der Waals surface area contributed by atoms with Gasteiger partial charge in [0.15, 0.2) is 5.96 Å². The number of hydrogen-bond acceptors (Lipinski definition) is 6. The summed E-state index contributed by atoms with van der Waals surface area (Å²) < 4.78 is 12.7. The summed E-state index contributed by atoms with van der Waals surface area (Å²) in [6, 6.07) is 6.63. The molecule has 1 unspecified atom stereocenters. The van der Waals surface area contributed by atoms with E-state index in [1.807, 2.05) is 31.0 Å². The van der Waals surface area contributed by atoms with Crippen molar-refractivity contribution < 1.29 is 9.47 Å². The lowest BCUT2D eigenvalue weighted by molar-refractivity contribution is 0.297. The zero-order valence-electron chi connectivity index (χ0n) is 20.1. The quantitative estimate of drug-likeness (QED) is 0.476. The van der Waals surface area contributed by atoms with Crippen molar-refractivity contribution in [2.24, 2.45) is 12.0 Å². The molecule has 0 saturated carbocycles. The van der Waals surface area contributed by atoms with Crippen LogP contribution in [-0.2, 0) is 7.05 Å². The van der Waals surface area contributed by atoms with Crippen LogP contribution in [0.15, 0.2) is 35.6 Å². The topological polar surface area (TPSA) is 79.2 Å². The van der Waals surface area contributed by atoms with Crippen molar-refractivity contribution in [3.8, 4) is 11.5 Å². The summed E-state index contributed by atoms with van der Waals surface area (Å²) in [6.45, 7) is 2.67. The van der Waals surface area contributed by atoms with Gasteiger partial charge in [-0.2, -0.15) is 5.10 Å². The van der Waals surface area contributed by atoms with Crippen LogP contribution in [0.2, 0.25) is 0 Å². The molecule has 1 aromatic carbocycles. The second-order valence-corrected chi connectivity index (χ2v) is 8.36. The molecule has 0 bridgehead atoms. The summed E-state index contributed by atoms with van der Waals surface area (Å²) in [7, 11) is 11.3. The first-order valence-corrected chi connectivity index (χ1v) is 11.0. The Bertz CT molecular complexity index is 866. The largest absolute Gasteiger partial charge is 0.497 e. The molecule has 176 valence electrons. The minimum atomic E-state index is 0.215. The monoisotopic (exact) mass is 443 g/mol. The highest BCUT2D eigenvalue weighted by molar-refractivity contribution is 5.80. The van der Waals surface area contributed by atoms with Gasteiger partial charge in [-0.05, 0) is 26.9 Å². The van der Waals surface area contributed by atoms with Crippen molar-refractivity contribution in [1.29, 1.82) is 0 Å². The normalized spacial score (nSPS) is 16.2. The van der Waals surface area contributed by atoms with Crippen molar-refractivity contribution in [1.82, 2.24) is 25.3 Å². The summed E-state index contributed by atoms with van der Waals surface area (Å²) in [5.74, 6) is 2.46. The average molecular weight is 444 g/mol. The molecule has 9 heteroatoms. The van der Waals surface area contributed by atoms with Crippen LogP contribution >= 0.6 is 0 Å². The number of likely N-dealkylation sites (N-methyl/N-ethyl adjacent to an activating group) is 1. The summed E-state index contributed by atoms with van der Waals surface area (Å²) >= 11 is 0. The lowest BCUT2D eigenvalue weighted by Crippen LogP contribution is -2.49. The molecule has 1 fully saturated rings. The molecule has 1 saturated heterocycles. The number of aryl methyl sites for hydroxylation is 1. The number of nitrogens with zero attached hydrogens (tertiary/aromatic N) is 5. The number of rotatable bonds is 8. The van der Waals surface area contributed by atoms with Crippen LogP contribution in [0, 0.1) is 0 Å². The van der Waals surface area contributed by atoms with Crippen LogP contribution in [0.3, 0.4) is 0 Å². The molecule has 0 radical (unpaired) electrons. The van der Waals surface area contributed by atoms with Gasteiger partial charge in [0.1, 0.15) is 11.5 Å². The van der Waals surface area contributed by atoms with Crippen LogP contribution in [-0.4, -0.2) is 81.7 Å². The van der Waals surface area contributed by atoms with E-state index >= 15 is 0 Å². The van der Waals surface area contributed by atoms with E-state index in [-0.39, 0.29) is 6.04 Å². The fourth-order valence-electron chi connectivity index (χ4n) is 4.05. The number of hydrogen-bond donors (Lipinski definition) is 2. The van der Waals surface area contributed by atoms with Crippen LogP contribution in [0.1, 0.15) is 24.4 Å². The van der Waals surface area contributed by atoms with Gasteiger partial charge in [-0.25, -0.2) is 0 Å². The molecule has 0 amide bonds. The van der Waals surface area contributed by atoms with Crippen molar-refractivity contribution in [2.75, 3.05) is 59.9 Å². The summed E-state index contributed by atoms with van der Waals surface area (Å²) in [6.07, 6.45) is 6.04. The third-order valence-electron chi connectivity index (χ3n) is 5.96. The minimum absolute atomic E-state index is 0.215. The molecular formula is C23H37N7O2. The van der Waals surface area contributed by atoms with Crippen molar-refractivity contribution in [2.45, 2.75) is 24.9 Å². The van der Waals surface area contributed by atoms with Gasteiger partial charge in [0.05, 0.1) is 26.5 Å². The molecule has 1 atom stereocenters. The molecule has 0 aliphatic carbocycles. The van der Waals surface area contributed by atoms with Gasteiger partial charge >= 0.3 is 0 Å². The predicted octanol–water partition coefficient (Wildman–Crippen LogP) is 1.87. The van der Waals surface area contributed by atoms with E-state index in [0.717, 1.165) is 55.6 Å². The van der Waals surface area contributed by atoms with Crippen molar-refractivity contribution in [3.05, 3.63) is 36.2 Å². The van der Waals surface area contributed by atoms with E-state index in [1.54, 1.807) is 14.2 Å². The Hall–Kier alpha value is -2.94. The summed E-state index contributed by atoms with van der Waals surface area (Å²) in [5.41, 5.74) is 2.31. The molecular weight excluding hydrogens is 406 g/mol.